The van der Waals surface area contributed by atoms with Crippen molar-refractivity contribution < 1.29 is 14.3 Å². The predicted molar refractivity (Wildman–Crippen MR) is 115 cm³/mol. The number of rotatable bonds is 3. The van der Waals surface area contributed by atoms with Crippen LogP contribution in [0, 0.1) is 0 Å². The van der Waals surface area contributed by atoms with E-state index in [1.165, 1.54) is 13.2 Å². The van der Waals surface area contributed by atoms with E-state index in [9.17, 15) is 14.4 Å². The molecule has 2 N–H and O–H groups in total. The van der Waals surface area contributed by atoms with E-state index < -0.39 is 11.9 Å². The van der Waals surface area contributed by atoms with E-state index in [-0.39, 0.29) is 11.1 Å². The molecule has 29 heavy (non-hydrogen) atoms. The second kappa shape index (κ2) is 7.83. The molecule has 0 atom stereocenters. The van der Waals surface area contributed by atoms with Crippen molar-refractivity contribution in [2.24, 2.45) is 0 Å². The second-order valence-corrected chi connectivity index (χ2v) is 7.97. The van der Waals surface area contributed by atoms with Crippen LogP contribution in [-0.2, 0) is 17.6 Å². The SMILES string of the molecule is COC(=O)c1cc2c(cc1NC(=O)c1cc(=O)[nH]c3ccc(Br)cc13)CCCC2. The first-order chi connectivity index (χ1) is 14.0. The standard InChI is InChI=1S/C22H19BrN2O4/c1-29-22(28)17-8-12-4-2-3-5-13(12)9-19(17)25-21(27)16-11-20(26)24-18-7-6-14(23)10-15(16)18/h6-11H,2-5H2,1H3,(H,24,26)(H,25,27). The highest BCUT2D eigenvalue weighted by atomic mass is 79.9. The molecule has 0 radical (unpaired) electrons. The van der Waals surface area contributed by atoms with Crippen LogP contribution in [0.4, 0.5) is 5.69 Å². The third-order valence-corrected chi connectivity index (χ3v) is 5.68. The van der Waals surface area contributed by atoms with Crippen molar-refractivity contribution in [3.8, 4) is 0 Å². The van der Waals surface area contributed by atoms with Gasteiger partial charge in [-0.1, -0.05) is 15.9 Å². The number of methoxy groups -OCH3 is 1. The van der Waals surface area contributed by atoms with Crippen LogP contribution in [0.15, 0.2) is 45.7 Å². The number of anilines is 1. The highest BCUT2D eigenvalue weighted by molar-refractivity contribution is 9.10. The Kier molecular flexibility index (Phi) is 5.24. The van der Waals surface area contributed by atoms with Crippen molar-refractivity contribution >= 4 is 44.4 Å². The number of hydrogen-bond donors (Lipinski definition) is 2. The molecule has 3 aromatic rings. The number of benzene rings is 2. The normalized spacial score (nSPS) is 13.0. The Labute approximate surface area is 175 Å². The van der Waals surface area contributed by atoms with Gasteiger partial charge >= 0.3 is 5.97 Å². The molecule has 4 rings (SSSR count). The first-order valence-corrected chi connectivity index (χ1v) is 10.1. The maximum absolute atomic E-state index is 13.1. The zero-order valence-electron chi connectivity index (χ0n) is 15.8. The van der Waals surface area contributed by atoms with Gasteiger partial charge < -0.3 is 15.0 Å². The Hall–Kier alpha value is -2.93. The molecule has 1 aromatic heterocycles. The van der Waals surface area contributed by atoms with Crippen molar-refractivity contribution in [2.75, 3.05) is 12.4 Å². The lowest BCUT2D eigenvalue weighted by Gasteiger charge is -2.19. The fraction of sp³-hybridized carbons (Fsp3) is 0.227. The Morgan fingerprint density at radius 3 is 2.48 bits per heavy atom. The first kappa shape index (κ1) is 19.4. The lowest BCUT2D eigenvalue weighted by Crippen LogP contribution is -2.19. The van der Waals surface area contributed by atoms with E-state index in [4.69, 9.17) is 4.74 Å². The monoisotopic (exact) mass is 454 g/mol. The number of aromatic nitrogens is 1. The average Bonchev–Trinajstić information content (AvgIpc) is 2.72. The summed E-state index contributed by atoms with van der Waals surface area (Å²) in [4.78, 5) is 40.2. The van der Waals surface area contributed by atoms with Crippen molar-refractivity contribution in [3.63, 3.8) is 0 Å². The molecule has 0 fully saturated rings. The van der Waals surface area contributed by atoms with E-state index in [2.05, 4.69) is 26.2 Å². The van der Waals surface area contributed by atoms with E-state index in [1.807, 2.05) is 12.1 Å². The Bertz CT molecular complexity index is 1200. The molecular formula is C22H19BrN2O4. The summed E-state index contributed by atoms with van der Waals surface area (Å²) in [5, 5.41) is 3.43. The fourth-order valence-electron chi connectivity index (χ4n) is 3.77. The topological polar surface area (TPSA) is 88.3 Å². The molecule has 0 unspecified atom stereocenters. The zero-order chi connectivity index (χ0) is 20.5. The van der Waals surface area contributed by atoms with Crippen LogP contribution < -0.4 is 10.9 Å². The number of ether oxygens (including phenoxy) is 1. The molecule has 1 heterocycles. The molecule has 0 aliphatic heterocycles. The number of pyridine rings is 1. The number of esters is 1. The third kappa shape index (κ3) is 3.82. The number of hydrogen-bond acceptors (Lipinski definition) is 4. The largest absolute Gasteiger partial charge is 0.465 e. The van der Waals surface area contributed by atoms with E-state index in [1.54, 1.807) is 18.2 Å². The number of halogens is 1. The van der Waals surface area contributed by atoms with Gasteiger partial charge in [0.1, 0.15) is 0 Å². The summed E-state index contributed by atoms with van der Waals surface area (Å²) in [7, 11) is 1.31. The molecule has 0 saturated carbocycles. The van der Waals surface area contributed by atoms with Gasteiger partial charge in [0, 0.05) is 21.4 Å². The van der Waals surface area contributed by atoms with Gasteiger partial charge in [0.05, 0.1) is 23.9 Å². The summed E-state index contributed by atoms with van der Waals surface area (Å²) in [6.07, 6.45) is 3.96. The average molecular weight is 455 g/mol. The number of H-pyrrole nitrogens is 1. The molecule has 1 aliphatic rings. The summed E-state index contributed by atoms with van der Waals surface area (Å²) >= 11 is 3.40. The van der Waals surface area contributed by atoms with Crippen LogP contribution in [0.5, 0.6) is 0 Å². The van der Waals surface area contributed by atoms with Crippen LogP contribution in [0.2, 0.25) is 0 Å². The summed E-state index contributed by atoms with van der Waals surface area (Å²) in [5.74, 6) is -0.965. The maximum atomic E-state index is 13.1. The number of amides is 1. The van der Waals surface area contributed by atoms with Gasteiger partial charge in [-0.2, -0.15) is 0 Å². The summed E-state index contributed by atoms with van der Waals surface area (Å²) in [6.45, 7) is 0. The summed E-state index contributed by atoms with van der Waals surface area (Å²) in [5.41, 5.74) is 3.37. The summed E-state index contributed by atoms with van der Waals surface area (Å²) in [6, 6.07) is 10.2. The van der Waals surface area contributed by atoms with Gasteiger partial charge in [0.2, 0.25) is 5.56 Å². The minimum absolute atomic E-state index is 0.235. The highest BCUT2D eigenvalue weighted by Crippen LogP contribution is 2.29. The minimum atomic E-state index is -0.507. The van der Waals surface area contributed by atoms with Crippen molar-refractivity contribution in [2.45, 2.75) is 25.7 Å². The van der Waals surface area contributed by atoms with Gasteiger partial charge in [-0.05, 0) is 67.1 Å². The van der Waals surface area contributed by atoms with Gasteiger partial charge in [-0.15, -0.1) is 0 Å². The van der Waals surface area contributed by atoms with Gasteiger partial charge in [0.25, 0.3) is 5.91 Å². The number of nitrogens with one attached hydrogen (secondary N) is 2. The van der Waals surface area contributed by atoms with Crippen molar-refractivity contribution in [3.05, 3.63) is 73.5 Å². The van der Waals surface area contributed by atoms with Crippen molar-refractivity contribution in [1.29, 1.82) is 0 Å². The van der Waals surface area contributed by atoms with E-state index in [0.29, 0.717) is 22.2 Å². The molecule has 6 nitrogen and oxygen atoms in total. The predicted octanol–water partition coefficient (Wildman–Crippen LogP) is 4.21. The lowest BCUT2D eigenvalue weighted by atomic mass is 9.89. The molecular weight excluding hydrogens is 436 g/mol. The number of carbonyl (C=O) groups is 2. The maximum Gasteiger partial charge on any atom is 0.339 e. The van der Waals surface area contributed by atoms with Crippen LogP contribution in [-0.4, -0.2) is 24.0 Å². The molecule has 0 bridgehead atoms. The van der Waals surface area contributed by atoms with Gasteiger partial charge in [-0.3, -0.25) is 9.59 Å². The molecule has 2 aromatic carbocycles. The number of aromatic amines is 1. The molecule has 0 saturated heterocycles. The third-order valence-electron chi connectivity index (χ3n) is 5.19. The molecule has 0 spiro atoms. The van der Waals surface area contributed by atoms with Gasteiger partial charge in [0.15, 0.2) is 0 Å². The quantitative estimate of drug-likeness (QED) is 0.580. The van der Waals surface area contributed by atoms with Crippen LogP contribution in [0.25, 0.3) is 10.9 Å². The molecule has 148 valence electrons. The van der Waals surface area contributed by atoms with Gasteiger partial charge in [-0.25, -0.2) is 4.79 Å². The number of aryl methyl sites for hydroxylation is 2. The number of fused-ring (bicyclic) bond motifs is 2. The molecule has 1 aliphatic carbocycles. The molecule has 7 heteroatoms. The number of carbonyl (C=O) groups excluding carboxylic acids is 2. The zero-order valence-corrected chi connectivity index (χ0v) is 17.4. The minimum Gasteiger partial charge on any atom is -0.465 e. The lowest BCUT2D eigenvalue weighted by molar-refractivity contribution is 0.0601. The summed E-state index contributed by atoms with van der Waals surface area (Å²) < 4.78 is 5.70. The smallest absolute Gasteiger partial charge is 0.339 e. The van der Waals surface area contributed by atoms with E-state index in [0.717, 1.165) is 41.3 Å². The van der Waals surface area contributed by atoms with E-state index >= 15 is 0 Å². The fourth-order valence-corrected chi connectivity index (χ4v) is 4.13. The van der Waals surface area contributed by atoms with Crippen LogP contribution in [0.1, 0.15) is 44.7 Å². The van der Waals surface area contributed by atoms with Crippen molar-refractivity contribution in [1.82, 2.24) is 4.98 Å². The van der Waals surface area contributed by atoms with Crippen LogP contribution >= 0.6 is 15.9 Å². The Balaban J connectivity index is 1.79. The Morgan fingerprint density at radius 2 is 1.76 bits per heavy atom. The second-order valence-electron chi connectivity index (χ2n) is 7.06. The first-order valence-electron chi connectivity index (χ1n) is 9.34. The highest BCUT2D eigenvalue weighted by Gasteiger charge is 2.21. The van der Waals surface area contributed by atoms with Crippen LogP contribution in [0.3, 0.4) is 0 Å². The Morgan fingerprint density at radius 1 is 1.03 bits per heavy atom. The molecule has 1 amide bonds.